The number of carbonyl (C=O) groups excluding carboxylic acids is 2. The molecule has 7 atom stereocenters. The summed E-state index contributed by atoms with van der Waals surface area (Å²) in [6.07, 6.45) is 1.73. The fraction of sp³-hybridized carbons (Fsp3) is 0.633. The molecule has 2 saturated heterocycles. The minimum atomic E-state index is -1.24. The number of esters is 1. The molecule has 202 valence electrons. The molecule has 7 nitrogen and oxygen atoms in total. The topological polar surface area (TPSA) is 109 Å². The van der Waals surface area contributed by atoms with Crippen LogP contribution in [0.25, 0.3) is 10.9 Å². The zero-order valence-corrected chi connectivity index (χ0v) is 22.9. The van der Waals surface area contributed by atoms with E-state index in [0.717, 1.165) is 41.3 Å². The summed E-state index contributed by atoms with van der Waals surface area (Å²) in [5, 5.41) is 22.8. The van der Waals surface area contributed by atoms with E-state index in [1.54, 1.807) is 20.8 Å². The molecule has 0 saturated carbocycles. The van der Waals surface area contributed by atoms with Gasteiger partial charge in [0.1, 0.15) is 11.9 Å². The Bertz CT molecular complexity index is 1160. The number of ether oxygens (including phenoxy) is 2. The van der Waals surface area contributed by atoms with E-state index in [-0.39, 0.29) is 29.8 Å². The van der Waals surface area contributed by atoms with Gasteiger partial charge in [0.05, 0.1) is 41.3 Å². The molecule has 0 aliphatic carbocycles. The van der Waals surface area contributed by atoms with Gasteiger partial charge in [-0.25, -0.2) is 0 Å². The average molecular weight is 512 g/mol. The van der Waals surface area contributed by atoms with Gasteiger partial charge in [-0.15, -0.1) is 0 Å². The van der Waals surface area contributed by atoms with E-state index >= 15 is 0 Å². The van der Waals surface area contributed by atoms with Crippen molar-refractivity contribution in [3.63, 3.8) is 0 Å². The molecule has 4 rings (SSSR count). The molecule has 7 unspecified atom stereocenters. The van der Waals surface area contributed by atoms with Gasteiger partial charge in [0, 0.05) is 23.9 Å². The maximum absolute atomic E-state index is 13.3. The van der Waals surface area contributed by atoms with E-state index in [9.17, 15) is 19.8 Å². The van der Waals surface area contributed by atoms with Crippen molar-refractivity contribution in [3.8, 4) is 0 Å². The SMILES string of the molecule is Cc1cnc2cc(C3CC4OC4(C)CCCC(C)C(O)C(C)C(=O)C(C)(C)C(O)CC(=O)O3)ccc2c1. The summed E-state index contributed by atoms with van der Waals surface area (Å²) in [6, 6.07) is 7.94. The van der Waals surface area contributed by atoms with Crippen molar-refractivity contribution in [2.75, 3.05) is 0 Å². The molecule has 37 heavy (non-hydrogen) atoms. The Kier molecular flexibility index (Phi) is 7.80. The summed E-state index contributed by atoms with van der Waals surface area (Å²) < 4.78 is 12.1. The van der Waals surface area contributed by atoms with Crippen LogP contribution >= 0.6 is 0 Å². The lowest BCUT2D eigenvalue weighted by Crippen LogP contribution is -2.45. The van der Waals surface area contributed by atoms with Crippen molar-refractivity contribution < 1.29 is 29.3 Å². The number of Topliss-reactive ketones (excluding diaryl/α,β-unsaturated/α-hetero) is 1. The Hall–Kier alpha value is -2.35. The van der Waals surface area contributed by atoms with Gasteiger partial charge in [0.25, 0.3) is 0 Å². The molecule has 3 heterocycles. The van der Waals surface area contributed by atoms with Gasteiger partial charge in [-0.1, -0.05) is 46.2 Å². The summed E-state index contributed by atoms with van der Waals surface area (Å²) in [6.45, 7) is 11.0. The predicted octanol–water partition coefficient (Wildman–Crippen LogP) is 4.84. The van der Waals surface area contributed by atoms with Gasteiger partial charge in [-0.3, -0.25) is 14.6 Å². The molecule has 0 amide bonds. The quantitative estimate of drug-likeness (QED) is 0.417. The van der Waals surface area contributed by atoms with Crippen LogP contribution in [0.4, 0.5) is 0 Å². The number of fused-ring (bicyclic) bond motifs is 2. The van der Waals surface area contributed by atoms with E-state index < -0.39 is 35.6 Å². The average Bonchev–Trinajstić information content (AvgIpc) is 3.49. The fourth-order valence-electron chi connectivity index (χ4n) is 5.67. The summed E-state index contributed by atoms with van der Waals surface area (Å²) >= 11 is 0. The van der Waals surface area contributed by atoms with Crippen molar-refractivity contribution >= 4 is 22.7 Å². The van der Waals surface area contributed by atoms with Crippen molar-refractivity contribution in [2.24, 2.45) is 17.3 Å². The number of epoxide rings is 1. The first-order valence-corrected chi connectivity index (χ1v) is 13.5. The number of nitrogens with zero attached hydrogens (tertiary/aromatic N) is 1. The van der Waals surface area contributed by atoms with E-state index in [1.807, 2.05) is 38.2 Å². The predicted molar refractivity (Wildman–Crippen MR) is 141 cm³/mol. The van der Waals surface area contributed by atoms with Crippen LogP contribution in [-0.4, -0.2) is 50.9 Å². The Balaban J connectivity index is 1.62. The largest absolute Gasteiger partial charge is 0.457 e. The van der Waals surface area contributed by atoms with Gasteiger partial charge in [0.2, 0.25) is 0 Å². The molecule has 1 aromatic carbocycles. The van der Waals surface area contributed by atoms with Gasteiger partial charge < -0.3 is 19.7 Å². The summed E-state index contributed by atoms with van der Waals surface area (Å²) in [7, 11) is 0. The zero-order valence-electron chi connectivity index (χ0n) is 22.9. The van der Waals surface area contributed by atoms with Crippen LogP contribution in [0.5, 0.6) is 0 Å². The normalized spacial score (nSPS) is 35.6. The monoisotopic (exact) mass is 511 g/mol. The third-order valence-corrected chi connectivity index (χ3v) is 8.62. The number of aliphatic hydroxyl groups is 2. The Morgan fingerprint density at radius 2 is 1.81 bits per heavy atom. The van der Waals surface area contributed by atoms with Crippen LogP contribution in [0.3, 0.4) is 0 Å². The lowest BCUT2D eigenvalue weighted by molar-refractivity contribution is -0.156. The second-order valence-electron chi connectivity index (χ2n) is 12.1. The van der Waals surface area contributed by atoms with Crippen LogP contribution in [0.15, 0.2) is 30.5 Å². The Morgan fingerprint density at radius 3 is 2.54 bits per heavy atom. The molecule has 2 N–H and O–H groups in total. The van der Waals surface area contributed by atoms with E-state index in [2.05, 4.69) is 18.0 Å². The van der Waals surface area contributed by atoms with Gasteiger partial charge >= 0.3 is 5.97 Å². The number of cyclic esters (lactones) is 1. The summed E-state index contributed by atoms with van der Waals surface area (Å²) in [4.78, 5) is 30.9. The smallest absolute Gasteiger partial charge is 0.309 e. The third-order valence-electron chi connectivity index (χ3n) is 8.62. The van der Waals surface area contributed by atoms with Gasteiger partial charge in [-0.05, 0) is 55.9 Å². The van der Waals surface area contributed by atoms with Crippen molar-refractivity contribution in [3.05, 3.63) is 41.6 Å². The second-order valence-corrected chi connectivity index (χ2v) is 12.1. The van der Waals surface area contributed by atoms with Crippen molar-refractivity contribution in [1.29, 1.82) is 0 Å². The zero-order chi connectivity index (χ0) is 27.1. The number of aryl methyl sites for hydroxylation is 1. The summed E-state index contributed by atoms with van der Waals surface area (Å²) in [5.41, 5.74) is 1.18. The molecule has 2 aliphatic rings. The molecule has 0 spiro atoms. The summed E-state index contributed by atoms with van der Waals surface area (Å²) in [5.74, 6) is -1.58. The molecule has 2 aromatic rings. The first-order chi connectivity index (χ1) is 17.3. The van der Waals surface area contributed by atoms with Crippen LogP contribution in [0.2, 0.25) is 0 Å². The Morgan fingerprint density at radius 1 is 1.08 bits per heavy atom. The maximum atomic E-state index is 13.3. The highest BCUT2D eigenvalue weighted by Crippen LogP contribution is 2.46. The van der Waals surface area contributed by atoms with Crippen LogP contribution in [0.1, 0.15) is 84.0 Å². The highest BCUT2D eigenvalue weighted by Gasteiger charge is 2.53. The van der Waals surface area contributed by atoms with E-state index in [0.29, 0.717) is 6.42 Å². The number of hydrogen-bond donors (Lipinski definition) is 2. The number of aromatic nitrogens is 1. The molecular formula is C30H41NO6. The van der Waals surface area contributed by atoms with Gasteiger partial charge in [0.15, 0.2) is 0 Å². The third kappa shape index (κ3) is 5.89. The number of carbonyl (C=O) groups is 2. The number of benzene rings is 1. The molecule has 1 aromatic heterocycles. The standard InChI is InChI=1S/C30H41NO6/c1-17-12-20-9-10-21(13-22(20)31-16-17)23-14-25-30(6,37-25)11-7-8-18(2)27(34)19(3)28(35)29(4,5)24(32)15-26(33)36-23/h9-10,12-13,16,18-19,23-25,27,32,34H,7-8,11,14-15H2,1-6H3. The maximum Gasteiger partial charge on any atom is 0.309 e. The van der Waals surface area contributed by atoms with Crippen LogP contribution in [0, 0.1) is 24.2 Å². The number of hydrogen-bond acceptors (Lipinski definition) is 7. The molecule has 0 radical (unpaired) electrons. The fourth-order valence-corrected chi connectivity index (χ4v) is 5.67. The molecule has 2 aliphatic heterocycles. The number of ketones is 1. The molecule has 0 bridgehead atoms. The minimum absolute atomic E-state index is 0.0676. The number of pyridine rings is 1. The van der Waals surface area contributed by atoms with Crippen LogP contribution < -0.4 is 0 Å². The minimum Gasteiger partial charge on any atom is -0.457 e. The molecular weight excluding hydrogens is 470 g/mol. The number of aliphatic hydroxyl groups excluding tert-OH is 2. The molecule has 2 fully saturated rings. The van der Waals surface area contributed by atoms with Crippen molar-refractivity contribution in [1.82, 2.24) is 4.98 Å². The lowest BCUT2D eigenvalue weighted by atomic mass is 9.73. The van der Waals surface area contributed by atoms with E-state index in [1.165, 1.54) is 0 Å². The van der Waals surface area contributed by atoms with Crippen LogP contribution in [-0.2, 0) is 19.1 Å². The lowest BCUT2D eigenvalue weighted by Gasteiger charge is -2.34. The highest BCUT2D eigenvalue weighted by atomic mass is 16.6. The number of rotatable bonds is 1. The first kappa shape index (κ1) is 27.7. The van der Waals surface area contributed by atoms with Crippen molar-refractivity contribution in [2.45, 2.75) is 104 Å². The Labute approximate surface area is 219 Å². The van der Waals surface area contributed by atoms with E-state index in [4.69, 9.17) is 9.47 Å². The highest BCUT2D eigenvalue weighted by molar-refractivity contribution is 5.88. The first-order valence-electron chi connectivity index (χ1n) is 13.5. The molecule has 7 heteroatoms. The second kappa shape index (κ2) is 10.4. The van der Waals surface area contributed by atoms with Gasteiger partial charge in [-0.2, -0.15) is 0 Å².